The first-order valence-electron chi connectivity index (χ1n) is 3.72. The number of hydrogen-bond acceptors (Lipinski definition) is 1. The Morgan fingerprint density at radius 2 is 2.00 bits per heavy atom. The molecule has 0 N–H and O–H groups in total. The van der Waals surface area contributed by atoms with Crippen molar-refractivity contribution < 1.29 is 18.0 Å². The number of rotatable bonds is 2. The van der Waals surface area contributed by atoms with Gasteiger partial charge in [-0.05, 0) is 28.9 Å². The standard InChI is InChI=1S/C9H6BrF3O/c1-4(14)5-2-3-6(9(12)13)7(10)8(5)11/h2-3,9H,1H3. The molecule has 0 atom stereocenters. The number of ketones is 1. The summed E-state index contributed by atoms with van der Waals surface area (Å²) in [6.07, 6.45) is -2.76. The van der Waals surface area contributed by atoms with Gasteiger partial charge in [0.05, 0.1) is 10.0 Å². The molecule has 1 aromatic rings. The molecule has 0 amide bonds. The van der Waals surface area contributed by atoms with E-state index in [0.717, 1.165) is 12.1 Å². The van der Waals surface area contributed by atoms with Crippen LogP contribution in [0.4, 0.5) is 13.2 Å². The summed E-state index contributed by atoms with van der Waals surface area (Å²) >= 11 is 2.69. The first kappa shape index (κ1) is 11.2. The van der Waals surface area contributed by atoms with E-state index in [4.69, 9.17) is 0 Å². The average Bonchev–Trinajstić information content (AvgIpc) is 2.08. The van der Waals surface area contributed by atoms with Gasteiger partial charge < -0.3 is 0 Å². The van der Waals surface area contributed by atoms with E-state index >= 15 is 0 Å². The van der Waals surface area contributed by atoms with Crippen molar-refractivity contribution in [3.8, 4) is 0 Å². The van der Waals surface area contributed by atoms with Crippen LogP contribution >= 0.6 is 15.9 Å². The number of alkyl halides is 2. The third-order valence-corrected chi connectivity index (χ3v) is 2.53. The largest absolute Gasteiger partial charge is 0.294 e. The first-order chi connectivity index (χ1) is 6.45. The van der Waals surface area contributed by atoms with Gasteiger partial charge >= 0.3 is 0 Å². The van der Waals surface area contributed by atoms with Crippen LogP contribution in [0.1, 0.15) is 29.3 Å². The molecule has 0 aliphatic heterocycles. The summed E-state index contributed by atoms with van der Waals surface area (Å²) in [5, 5.41) is 0. The Hall–Kier alpha value is -0.840. The number of halogens is 4. The van der Waals surface area contributed by atoms with E-state index in [1.54, 1.807) is 0 Å². The second-order valence-corrected chi connectivity index (χ2v) is 3.48. The molecule has 76 valence electrons. The number of hydrogen-bond donors (Lipinski definition) is 0. The third-order valence-electron chi connectivity index (χ3n) is 1.73. The van der Waals surface area contributed by atoms with E-state index < -0.39 is 23.6 Å². The van der Waals surface area contributed by atoms with Crippen LogP contribution in [0.25, 0.3) is 0 Å². The topological polar surface area (TPSA) is 17.1 Å². The second kappa shape index (κ2) is 4.13. The van der Waals surface area contributed by atoms with Crippen LogP contribution in [0.5, 0.6) is 0 Å². The molecule has 0 saturated heterocycles. The molecule has 1 rings (SSSR count). The molecule has 0 fully saturated rings. The van der Waals surface area contributed by atoms with Crippen LogP contribution in [-0.4, -0.2) is 5.78 Å². The molecule has 0 aliphatic rings. The maximum atomic E-state index is 13.3. The lowest BCUT2D eigenvalue weighted by molar-refractivity contribution is 0.101. The quantitative estimate of drug-likeness (QED) is 0.746. The summed E-state index contributed by atoms with van der Waals surface area (Å²) in [6, 6.07) is 2.10. The van der Waals surface area contributed by atoms with E-state index in [9.17, 15) is 18.0 Å². The van der Waals surface area contributed by atoms with Crippen molar-refractivity contribution in [2.24, 2.45) is 0 Å². The van der Waals surface area contributed by atoms with Gasteiger partial charge in [0, 0.05) is 5.56 Å². The zero-order valence-electron chi connectivity index (χ0n) is 7.15. The number of carbonyl (C=O) groups is 1. The van der Waals surface area contributed by atoms with E-state index in [1.807, 2.05) is 0 Å². The molecule has 0 aromatic heterocycles. The van der Waals surface area contributed by atoms with Crippen LogP contribution in [0, 0.1) is 5.82 Å². The minimum absolute atomic E-state index is 0.193. The predicted octanol–water partition coefficient (Wildman–Crippen LogP) is 3.73. The fourth-order valence-corrected chi connectivity index (χ4v) is 1.52. The number of benzene rings is 1. The Bertz CT molecular complexity index is 377. The SMILES string of the molecule is CC(=O)c1ccc(C(F)F)c(Br)c1F. The molecule has 0 unspecified atom stereocenters. The lowest BCUT2D eigenvalue weighted by Crippen LogP contribution is -2.00. The van der Waals surface area contributed by atoms with Crippen LogP contribution < -0.4 is 0 Å². The summed E-state index contributed by atoms with van der Waals surface area (Å²) in [7, 11) is 0. The zero-order chi connectivity index (χ0) is 10.9. The highest BCUT2D eigenvalue weighted by Crippen LogP contribution is 2.31. The highest BCUT2D eigenvalue weighted by atomic mass is 79.9. The van der Waals surface area contributed by atoms with Crippen molar-refractivity contribution in [2.45, 2.75) is 13.3 Å². The molecule has 14 heavy (non-hydrogen) atoms. The molecule has 0 bridgehead atoms. The second-order valence-electron chi connectivity index (χ2n) is 2.69. The maximum Gasteiger partial charge on any atom is 0.265 e. The molecule has 1 aromatic carbocycles. The summed E-state index contributed by atoms with van der Waals surface area (Å²) in [5.41, 5.74) is -0.645. The van der Waals surface area contributed by atoms with E-state index in [0.29, 0.717) is 0 Å². The molecular weight excluding hydrogens is 261 g/mol. The van der Waals surface area contributed by atoms with E-state index in [2.05, 4.69) is 15.9 Å². The van der Waals surface area contributed by atoms with Crippen molar-refractivity contribution in [2.75, 3.05) is 0 Å². The van der Waals surface area contributed by atoms with Gasteiger partial charge in [0.1, 0.15) is 5.82 Å². The van der Waals surface area contributed by atoms with Gasteiger partial charge in [-0.3, -0.25) is 4.79 Å². The Morgan fingerprint density at radius 1 is 1.43 bits per heavy atom. The van der Waals surface area contributed by atoms with Crippen molar-refractivity contribution in [1.29, 1.82) is 0 Å². The Morgan fingerprint density at radius 3 is 2.43 bits per heavy atom. The first-order valence-corrected chi connectivity index (χ1v) is 4.51. The maximum absolute atomic E-state index is 13.3. The van der Waals surface area contributed by atoms with Gasteiger partial charge in [0.15, 0.2) is 5.78 Å². The lowest BCUT2D eigenvalue weighted by Gasteiger charge is -2.06. The van der Waals surface area contributed by atoms with Crippen LogP contribution in [0.2, 0.25) is 0 Å². The Balaban J connectivity index is 3.33. The Kier molecular flexibility index (Phi) is 3.31. The van der Waals surface area contributed by atoms with Gasteiger partial charge in [0.25, 0.3) is 6.43 Å². The van der Waals surface area contributed by atoms with Crippen LogP contribution in [0.3, 0.4) is 0 Å². The number of Topliss-reactive ketones (excluding diaryl/α,β-unsaturated/α-hetero) is 1. The molecule has 0 aliphatic carbocycles. The predicted molar refractivity (Wildman–Crippen MR) is 49.1 cm³/mol. The van der Waals surface area contributed by atoms with Gasteiger partial charge in [-0.25, -0.2) is 13.2 Å². The lowest BCUT2D eigenvalue weighted by atomic mass is 10.1. The highest BCUT2D eigenvalue weighted by molar-refractivity contribution is 9.10. The van der Waals surface area contributed by atoms with Gasteiger partial charge in [0.2, 0.25) is 0 Å². The highest BCUT2D eigenvalue weighted by Gasteiger charge is 2.18. The fraction of sp³-hybridized carbons (Fsp3) is 0.222. The summed E-state index contributed by atoms with van der Waals surface area (Å²) in [5.74, 6) is -1.43. The van der Waals surface area contributed by atoms with Crippen molar-refractivity contribution in [1.82, 2.24) is 0 Å². The minimum atomic E-state index is -2.76. The summed E-state index contributed by atoms with van der Waals surface area (Å²) in [4.78, 5) is 10.9. The van der Waals surface area contributed by atoms with Crippen molar-refractivity contribution in [3.05, 3.63) is 33.5 Å². The van der Waals surface area contributed by atoms with Gasteiger partial charge in [-0.15, -0.1) is 0 Å². The summed E-state index contributed by atoms with van der Waals surface area (Å²) < 4.78 is 37.4. The molecule has 5 heteroatoms. The molecule has 0 heterocycles. The normalized spacial score (nSPS) is 10.7. The summed E-state index contributed by atoms with van der Waals surface area (Å²) in [6.45, 7) is 1.17. The molecule has 1 nitrogen and oxygen atoms in total. The third kappa shape index (κ3) is 1.97. The molecular formula is C9H6BrF3O. The van der Waals surface area contributed by atoms with Crippen LogP contribution in [-0.2, 0) is 0 Å². The van der Waals surface area contributed by atoms with Crippen molar-refractivity contribution >= 4 is 21.7 Å². The van der Waals surface area contributed by atoms with Gasteiger partial charge in [-0.1, -0.05) is 6.07 Å². The minimum Gasteiger partial charge on any atom is -0.294 e. The molecule has 0 radical (unpaired) electrons. The smallest absolute Gasteiger partial charge is 0.265 e. The van der Waals surface area contributed by atoms with E-state index in [1.165, 1.54) is 6.92 Å². The number of carbonyl (C=O) groups excluding carboxylic acids is 1. The Labute approximate surface area is 87.1 Å². The van der Waals surface area contributed by atoms with Crippen LogP contribution in [0.15, 0.2) is 16.6 Å². The van der Waals surface area contributed by atoms with Gasteiger partial charge in [-0.2, -0.15) is 0 Å². The molecule has 0 spiro atoms. The monoisotopic (exact) mass is 266 g/mol. The van der Waals surface area contributed by atoms with Crippen molar-refractivity contribution in [3.63, 3.8) is 0 Å². The zero-order valence-corrected chi connectivity index (χ0v) is 8.74. The molecule has 0 saturated carbocycles. The van der Waals surface area contributed by atoms with E-state index in [-0.39, 0.29) is 10.0 Å². The average molecular weight is 267 g/mol. The fourth-order valence-electron chi connectivity index (χ4n) is 1.00.